The minimum absolute atomic E-state index is 0. The summed E-state index contributed by atoms with van der Waals surface area (Å²) in [6, 6.07) is 9.25. The first-order valence-electron chi connectivity index (χ1n) is 5.92. The van der Waals surface area contributed by atoms with Crippen molar-refractivity contribution in [2.45, 2.75) is 18.0 Å². The lowest BCUT2D eigenvalue weighted by atomic mass is 9.95. The standard InChI is InChI=1S/C13H18F2N2.ClH/c14-6-11(7-15)17-8-12(13(16)9-17)10-4-2-1-3-5-10;/h1-5,11-13H,6-9,16H2;1H. The maximum atomic E-state index is 12.6. The molecule has 1 aromatic carbocycles. The first-order valence-corrected chi connectivity index (χ1v) is 5.92. The highest BCUT2D eigenvalue weighted by Crippen LogP contribution is 2.27. The van der Waals surface area contributed by atoms with Gasteiger partial charge in [0.05, 0.1) is 6.04 Å². The van der Waals surface area contributed by atoms with Crippen LogP contribution in [0.5, 0.6) is 0 Å². The van der Waals surface area contributed by atoms with Crippen LogP contribution in [0.25, 0.3) is 0 Å². The summed E-state index contributed by atoms with van der Waals surface area (Å²) in [5, 5.41) is 0. The van der Waals surface area contributed by atoms with E-state index >= 15 is 0 Å². The van der Waals surface area contributed by atoms with Crippen LogP contribution < -0.4 is 5.73 Å². The van der Waals surface area contributed by atoms with Crippen LogP contribution >= 0.6 is 12.4 Å². The van der Waals surface area contributed by atoms with E-state index in [4.69, 9.17) is 5.73 Å². The van der Waals surface area contributed by atoms with Gasteiger partial charge in [0.25, 0.3) is 0 Å². The Bertz CT molecular complexity index is 346. The molecule has 1 aromatic rings. The smallest absolute Gasteiger partial charge is 0.107 e. The predicted molar refractivity (Wildman–Crippen MR) is 71.7 cm³/mol. The van der Waals surface area contributed by atoms with Crippen molar-refractivity contribution in [3.8, 4) is 0 Å². The molecule has 2 nitrogen and oxygen atoms in total. The van der Waals surface area contributed by atoms with E-state index < -0.39 is 19.4 Å². The van der Waals surface area contributed by atoms with Gasteiger partial charge >= 0.3 is 0 Å². The van der Waals surface area contributed by atoms with Gasteiger partial charge in [-0.15, -0.1) is 12.4 Å². The molecular weight excluding hydrogens is 258 g/mol. The Kier molecular flexibility index (Phi) is 5.99. The van der Waals surface area contributed by atoms with Crippen molar-refractivity contribution >= 4 is 12.4 Å². The summed E-state index contributed by atoms with van der Waals surface area (Å²) in [6.45, 7) is -0.0861. The van der Waals surface area contributed by atoms with Gasteiger partial charge < -0.3 is 5.73 Å². The molecular formula is C13H19ClF2N2. The fourth-order valence-corrected chi connectivity index (χ4v) is 2.45. The number of hydrogen-bond acceptors (Lipinski definition) is 2. The van der Waals surface area contributed by atoms with Gasteiger partial charge in [-0.2, -0.15) is 0 Å². The Morgan fingerprint density at radius 3 is 2.33 bits per heavy atom. The number of rotatable bonds is 4. The number of likely N-dealkylation sites (tertiary alicyclic amines) is 1. The zero-order chi connectivity index (χ0) is 12.3. The molecule has 2 atom stereocenters. The van der Waals surface area contributed by atoms with Crippen LogP contribution in [0.15, 0.2) is 30.3 Å². The average molecular weight is 277 g/mol. The molecule has 102 valence electrons. The molecule has 2 rings (SSSR count). The first kappa shape index (κ1) is 15.3. The van der Waals surface area contributed by atoms with E-state index in [1.54, 1.807) is 0 Å². The van der Waals surface area contributed by atoms with Gasteiger partial charge in [0.1, 0.15) is 13.3 Å². The fourth-order valence-electron chi connectivity index (χ4n) is 2.45. The third kappa shape index (κ3) is 3.19. The monoisotopic (exact) mass is 276 g/mol. The SMILES string of the molecule is Cl.NC1CN(C(CF)CF)CC1c1ccccc1. The van der Waals surface area contributed by atoms with Crippen molar-refractivity contribution in [3.05, 3.63) is 35.9 Å². The lowest BCUT2D eigenvalue weighted by Gasteiger charge is -2.22. The highest BCUT2D eigenvalue weighted by molar-refractivity contribution is 5.85. The number of nitrogens with two attached hydrogens (primary N) is 1. The second-order valence-corrected chi connectivity index (χ2v) is 4.60. The van der Waals surface area contributed by atoms with E-state index in [2.05, 4.69) is 0 Å². The summed E-state index contributed by atoms with van der Waals surface area (Å²) in [7, 11) is 0. The molecule has 0 amide bonds. The summed E-state index contributed by atoms with van der Waals surface area (Å²) in [5.41, 5.74) is 7.21. The molecule has 1 saturated heterocycles. The van der Waals surface area contributed by atoms with Crippen LogP contribution in [0.2, 0.25) is 0 Å². The lowest BCUT2D eigenvalue weighted by molar-refractivity contribution is 0.164. The summed E-state index contributed by atoms with van der Waals surface area (Å²) < 4.78 is 25.3. The molecule has 1 heterocycles. The van der Waals surface area contributed by atoms with Crippen molar-refractivity contribution in [3.63, 3.8) is 0 Å². The fraction of sp³-hybridized carbons (Fsp3) is 0.538. The van der Waals surface area contributed by atoms with Crippen molar-refractivity contribution in [2.24, 2.45) is 5.73 Å². The molecule has 1 aliphatic heterocycles. The summed E-state index contributed by atoms with van der Waals surface area (Å²) >= 11 is 0. The average Bonchev–Trinajstić information content (AvgIpc) is 2.74. The van der Waals surface area contributed by atoms with Gasteiger partial charge in [-0.3, -0.25) is 4.90 Å². The highest BCUT2D eigenvalue weighted by Gasteiger charge is 2.34. The van der Waals surface area contributed by atoms with Crippen LogP contribution in [0.1, 0.15) is 11.5 Å². The van der Waals surface area contributed by atoms with E-state index in [1.807, 2.05) is 35.2 Å². The van der Waals surface area contributed by atoms with Gasteiger partial charge in [-0.05, 0) is 5.56 Å². The van der Waals surface area contributed by atoms with Crippen molar-refractivity contribution in [2.75, 3.05) is 26.4 Å². The molecule has 5 heteroatoms. The number of hydrogen-bond donors (Lipinski definition) is 1. The van der Waals surface area contributed by atoms with Gasteiger partial charge in [0.15, 0.2) is 0 Å². The maximum Gasteiger partial charge on any atom is 0.107 e. The van der Waals surface area contributed by atoms with Crippen molar-refractivity contribution in [1.29, 1.82) is 0 Å². The van der Waals surface area contributed by atoms with Crippen LogP contribution in [-0.2, 0) is 0 Å². The van der Waals surface area contributed by atoms with Gasteiger partial charge in [0.2, 0.25) is 0 Å². The van der Waals surface area contributed by atoms with Crippen LogP contribution in [0.4, 0.5) is 8.78 Å². The van der Waals surface area contributed by atoms with Crippen LogP contribution in [0, 0.1) is 0 Å². The van der Waals surface area contributed by atoms with E-state index in [1.165, 1.54) is 0 Å². The Morgan fingerprint density at radius 1 is 1.17 bits per heavy atom. The highest BCUT2D eigenvalue weighted by atomic mass is 35.5. The van der Waals surface area contributed by atoms with Crippen LogP contribution in [-0.4, -0.2) is 43.4 Å². The zero-order valence-electron chi connectivity index (χ0n) is 10.1. The summed E-state index contributed by atoms with van der Waals surface area (Å²) in [5.74, 6) is 0.178. The second-order valence-electron chi connectivity index (χ2n) is 4.60. The number of benzene rings is 1. The van der Waals surface area contributed by atoms with Crippen molar-refractivity contribution < 1.29 is 8.78 Å². The number of halogens is 3. The Balaban J connectivity index is 0.00000162. The van der Waals surface area contributed by atoms with E-state index in [0.29, 0.717) is 13.1 Å². The minimum atomic E-state index is -0.648. The molecule has 0 radical (unpaired) electrons. The molecule has 18 heavy (non-hydrogen) atoms. The third-order valence-corrected chi connectivity index (χ3v) is 3.49. The lowest BCUT2D eigenvalue weighted by Crippen LogP contribution is -2.38. The number of nitrogens with zero attached hydrogens (tertiary/aromatic N) is 1. The minimum Gasteiger partial charge on any atom is -0.326 e. The molecule has 0 bridgehead atoms. The normalized spacial score (nSPS) is 24.2. The Hall–Kier alpha value is -0.710. The molecule has 1 fully saturated rings. The van der Waals surface area contributed by atoms with E-state index in [9.17, 15) is 8.78 Å². The summed E-state index contributed by atoms with van der Waals surface area (Å²) in [6.07, 6.45) is 0. The molecule has 0 aliphatic carbocycles. The maximum absolute atomic E-state index is 12.6. The second kappa shape index (κ2) is 7.02. The molecule has 2 N–H and O–H groups in total. The molecule has 0 spiro atoms. The van der Waals surface area contributed by atoms with E-state index in [0.717, 1.165) is 5.56 Å². The predicted octanol–water partition coefficient (Wildman–Crippen LogP) is 2.14. The molecule has 2 unspecified atom stereocenters. The molecule has 1 aliphatic rings. The van der Waals surface area contributed by atoms with E-state index in [-0.39, 0.29) is 24.4 Å². The first-order chi connectivity index (χ1) is 8.26. The van der Waals surface area contributed by atoms with Crippen LogP contribution in [0.3, 0.4) is 0 Å². The Morgan fingerprint density at radius 2 is 1.78 bits per heavy atom. The largest absolute Gasteiger partial charge is 0.326 e. The van der Waals surface area contributed by atoms with Gasteiger partial charge in [0, 0.05) is 25.0 Å². The Labute approximate surface area is 113 Å². The zero-order valence-corrected chi connectivity index (χ0v) is 11.0. The quantitative estimate of drug-likeness (QED) is 0.913. The molecule has 0 saturated carbocycles. The number of alkyl halides is 2. The third-order valence-electron chi connectivity index (χ3n) is 3.49. The topological polar surface area (TPSA) is 29.3 Å². The van der Waals surface area contributed by atoms with Gasteiger partial charge in [-0.1, -0.05) is 30.3 Å². The van der Waals surface area contributed by atoms with Crippen molar-refractivity contribution in [1.82, 2.24) is 4.90 Å². The summed E-state index contributed by atoms with van der Waals surface area (Å²) in [4.78, 5) is 1.82. The van der Waals surface area contributed by atoms with Gasteiger partial charge in [-0.25, -0.2) is 8.78 Å². The molecule has 0 aromatic heterocycles.